The summed E-state index contributed by atoms with van der Waals surface area (Å²) < 4.78 is 5.40. The average molecular weight is 376 g/mol. The smallest absolute Gasteiger partial charge is 0.260 e. The van der Waals surface area contributed by atoms with Crippen molar-refractivity contribution >= 4 is 21.6 Å². The predicted molar refractivity (Wildman–Crippen MR) is 111 cm³/mol. The summed E-state index contributed by atoms with van der Waals surface area (Å²) in [7, 11) is 1.65. The monoisotopic (exact) mass is 376 g/mol. The van der Waals surface area contributed by atoms with E-state index in [9.17, 15) is 4.79 Å². The Bertz CT molecular complexity index is 1140. The molecule has 4 aromatic rings. The number of rotatable bonds is 5. The third-order valence-electron chi connectivity index (χ3n) is 4.72. The molecule has 0 aliphatic heterocycles. The van der Waals surface area contributed by atoms with E-state index in [0.717, 1.165) is 33.7 Å². The van der Waals surface area contributed by atoms with E-state index in [0.29, 0.717) is 17.6 Å². The van der Waals surface area contributed by atoms with Crippen LogP contribution in [0.25, 0.3) is 21.3 Å². The molecule has 2 heterocycles. The van der Waals surface area contributed by atoms with E-state index >= 15 is 0 Å². The highest BCUT2D eigenvalue weighted by atomic mass is 32.1. The number of nitrogens with zero attached hydrogens (tertiary/aromatic N) is 1. The number of aromatic nitrogens is 2. The van der Waals surface area contributed by atoms with Crippen LogP contribution in [0.3, 0.4) is 0 Å². The fraction of sp³-hybridized carbons (Fsp3) is 0.182. The largest absolute Gasteiger partial charge is 0.496 e. The van der Waals surface area contributed by atoms with Crippen LogP contribution in [0.4, 0.5) is 0 Å². The van der Waals surface area contributed by atoms with Gasteiger partial charge in [0, 0.05) is 22.9 Å². The normalized spacial score (nSPS) is 11.0. The highest BCUT2D eigenvalue weighted by molar-refractivity contribution is 7.17. The van der Waals surface area contributed by atoms with E-state index < -0.39 is 0 Å². The van der Waals surface area contributed by atoms with Crippen LogP contribution in [-0.2, 0) is 12.8 Å². The van der Waals surface area contributed by atoms with Crippen LogP contribution < -0.4 is 10.3 Å². The van der Waals surface area contributed by atoms with E-state index in [1.54, 1.807) is 7.11 Å². The fourth-order valence-corrected chi connectivity index (χ4v) is 4.21. The second-order valence-electron chi connectivity index (χ2n) is 6.38. The van der Waals surface area contributed by atoms with Crippen molar-refractivity contribution in [1.82, 2.24) is 9.97 Å². The minimum absolute atomic E-state index is 0.0966. The number of aryl methyl sites for hydroxylation is 1. The molecule has 0 bridgehead atoms. The van der Waals surface area contributed by atoms with Gasteiger partial charge in [0.1, 0.15) is 16.4 Å². The van der Waals surface area contributed by atoms with Crippen LogP contribution >= 0.6 is 11.3 Å². The molecule has 1 N–H and O–H groups in total. The first-order valence-corrected chi connectivity index (χ1v) is 9.79. The fourth-order valence-electron chi connectivity index (χ4n) is 3.24. The summed E-state index contributed by atoms with van der Waals surface area (Å²) in [5.74, 6) is 1.44. The number of hydrogen-bond donors (Lipinski definition) is 1. The number of aromatic amines is 1. The summed E-state index contributed by atoms with van der Waals surface area (Å²) >= 11 is 1.51. The van der Waals surface area contributed by atoms with Crippen molar-refractivity contribution in [2.45, 2.75) is 19.8 Å². The van der Waals surface area contributed by atoms with Gasteiger partial charge in [-0.1, -0.05) is 49.4 Å². The number of nitrogens with one attached hydrogen (secondary N) is 1. The Labute approximate surface area is 161 Å². The van der Waals surface area contributed by atoms with Crippen LogP contribution in [0.1, 0.15) is 23.9 Å². The van der Waals surface area contributed by atoms with E-state index in [4.69, 9.17) is 9.72 Å². The topological polar surface area (TPSA) is 55.0 Å². The first-order chi connectivity index (χ1) is 13.2. The average Bonchev–Trinajstić information content (AvgIpc) is 3.13. The molecule has 0 saturated carbocycles. The lowest BCUT2D eigenvalue weighted by atomic mass is 10.0. The molecule has 0 amide bonds. The van der Waals surface area contributed by atoms with Crippen molar-refractivity contribution in [2.24, 2.45) is 0 Å². The van der Waals surface area contributed by atoms with Gasteiger partial charge in [-0.25, -0.2) is 4.98 Å². The zero-order valence-electron chi connectivity index (χ0n) is 15.3. The lowest BCUT2D eigenvalue weighted by Crippen LogP contribution is -2.12. The summed E-state index contributed by atoms with van der Waals surface area (Å²) in [4.78, 5) is 21.2. The van der Waals surface area contributed by atoms with Crippen LogP contribution in [0, 0.1) is 0 Å². The van der Waals surface area contributed by atoms with Gasteiger partial charge in [0.25, 0.3) is 5.56 Å². The van der Waals surface area contributed by atoms with Gasteiger partial charge in [-0.15, -0.1) is 11.3 Å². The number of fused-ring (bicyclic) bond motifs is 1. The third kappa shape index (κ3) is 3.38. The Kier molecular flexibility index (Phi) is 4.77. The Morgan fingerprint density at radius 1 is 1.11 bits per heavy atom. The number of para-hydroxylation sites is 1. The second kappa shape index (κ2) is 7.37. The Balaban J connectivity index is 1.74. The maximum Gasteiger partial charge on any atom is 0.260 e. The molecule has 0 spiro atoms. The van der Waals surface area contributed by atoms with Gasteiger partial charge in [0.05, 0.1) is 12.5 Å². The van der Waals surface area contributed by atoms with E-state index in [2.05, 4.69) is 36.2 Å². The number of hydrogen-bond acceptors (Lipinski definition) is 4. The lowest BCUT2D eigenvalue weighted by Gasteiger charge is -2.07. The highest BCUT2D eigenvalue weighted by Gasteiger charge is 2.14. The highest BCUT2D eigenvalue weighted by Crippen LogP contribution is 2.31. The number of H-pyrrole nitrogens is 1. The first kappa shape index (κ1) is 17.5. The first-order valence-electron chi connectivity index (χ1n) is 8.91. The molecule has 2 aromatic carbocycles. The molecule has 4 nitrogen and oxygen atoms in total. The van der Waals surface area contributed by atoms with Crippen molar-refractivity contribution in [1.29, 1.82) is 0 Å². The number of benzene rings is 2. The summed E-state index contributed by atoms with van der Waals surface area (Å²) in [6.07, 6.45) is 1.52. The van der Waals surface area contributed by atoms with E-state index in [1.165, 1.54) is 16.9 Å². The SMILES string of the molecule is CCc1ccc(-c2csc3nc(Cc4ccccc4OC)[nH]c(=O)c23)cc1. The molecule has 0 radical (unpaired) electrons. The standard InChI is InChI=1S/C22H20N2O2S/c1-3-14-8-10-15(11-9-14)17-13-27-22-20(17)21(25)23-19(24-22)12-16-6-4-5-7-18(16)26-2/h4-11,13H,3,12H2,1-2H3,(H,23,24,25). The van der Waals surface area contributed by atoms with Crippen molar-refractivity contribution < 1.29 is 4.74 Å². The van der Waals surface area contributed by atoms with E-state index in [1.807, 2.05) is 29.6 Å². The van der Waals surface area contributed by atoms with Crippen molar-refractivity contribution in [2.75, 3.05) is 7.11 Å². The van der Waals surface area contributed by atoms with Gasteiger partial charge in [0.2, 0.25) is 0 Å². The van der Waals surface area contributed by atoms with Gasteiger partial charge in [-0.05, 0) is 23.6 Å². The number of methoxy groups -OCH3 is 1. The predicted octanol–water partition coefficient (Wildman–Crippen LogP) is 4.81. The summed E-state index contributed by atoms with van der Waals surface area (Å²) in [6.45, 7) is 2.13. The molecule has 27 heavy (non-hydrogen) atoms. The minimum Gasteiger partial charge on any atom is -0.496 e. The molecule has 2 aromatic heterocycles. The molecule has 0 aliphatic rings. The minimum atomic E-state index is -0.0966. The Morgan fingerprint density at radius 3 is 2.63 bits per heavy atom. The van der Waals surface area contributed by atoms with Gasteiger partial charge in [0.15, 0.2) is 0 Å². The van der Waals surface area contributed by atoms with Gasteiger partial charge in [-0.3, -0.25) is 4.79 Å². The molecule has 0 aliphatic carbocycles. The summed E-state index contributed by atoms with van der Waals surface area (Å²) in [5.41, 5.74) is 4.16. The molecule has 5 heteroatoms. The molecular weight excluding hydrogens is 356 g/mol. The summed E-state index contributed by atoms with van der Waals surface area (Å²) in [5, 5.41) is 2.67. The molecule has 0 fully saturated rings. The number of ether oxygens (including phenoxy) is 1. The second-order valence-corrected chi connectivity index (χ2v) is 7.24. The van der Waals surface area contributed by atoms with Gasteiger partial charge in [-0.2, -0.15) is 0 Å². The molecule has 0 atom stereocenters. The maximum absolute atomic E-state index is 12.8. The Morgan fingerprint density at radius 2 is 1.89 bits per heavy atom. The molecule has 4 rings (SSSR count). The van der Waals surface area contributed by atoms with Crippen molar-refractivity contribution in [3.8, 4) is 16.9 Å². The molecule has 0 saturated heterocycles. The number of thiophene rings is 1. The molecular formula is C22H20N2O2S. The van der Waals surface area contributed by atoms with Crippen molar-refractivity contribution in [3.05, 3.63) is 81.2 Å². The third-order valence-corrected chi connectivity index (χ3v) is 5.59. The van der Waals surface area contributed by atoms with Crippen LogP contribution in [-0.4, -0.2) is 17.1 Å². The zero-order chi connectivity index (χ0) is 18.8. The van der Waals surface area contributed by atoms with Crippen LogP contribution in [0.5, 0.6) is 5.75 Å². The van der Waals surface area contributed by atoms with Crippen molar-refractivity contribution in [3.63, 3.8) is 0 Å². The van der Waals surface area contributed by atoms with Crippen LogP contribution in [0.15, 0.2) is 58.7 Å². The molecule has 0 unspecified atom stereocenters. The van der Waals surface area contributed by atoms with Crippen LogP contribution in [0.2, 0.25) is 0 Å². The van der Waals surface area contributed by atoms with Gasteiger partial charge < -0.3 is 9.72 Å². The quantitative estimate of drug-likeness (QED) is 0.544. The lowest BCUT2D eigenvalue weighted by molar-refractivity contribution is 0.410. The maximum atomic E-state index is 12.8. The zero-order valence-corrected chi connectivity index (χ0v) is 16.1. The molecule has 136 valence electrons. The van der Waals surface area contributed by atoms with E-state index in [-0.39, 0.29) is 5.56 Å². The summed E-state index contributed by atoms with van der Waals surface area (Å²) in [6, 6.07) is 16.1. The Hall–Kier alpha value is -2.92. The van der Waals surface area contributed by atoms with Gasteiger partial charge >= 0.3 is 0 Å².